The van der Waals surface area contributed by atoms with Crippen molar-refractivity contribution in [1.82, 2.24) is 0 Å². The zero-order chi connectivity index (χ0) is 80.3. The van der Waals surface area contributed by atoms with Gasteiger partial charge in [-0.2, -0.15) is 0 Å². The minimum Gasteiger partial charge on any atom is -0.462 e. The van der Waals surface area contributed by atoms with Gasteiger partial charge >= 0.3 is 39.5 Å². The van der Waals surface area contributed by atoms with E-state index in [1.54, 1.807) is 12.2 Å². The number of hydrogen-bond donors (Lipinski definition) is 3. The van der Waals surface area contributed by atoms with E-state index in [0.29, 0.717) is 32.1 Å². The van der Waals surface area contributed by atoms with Gasteiger partial charge in [0.15, 0.2) is 12.2 Å². The molecule has 0 saturated carbocycles. The molecule has 110 heavy (non-hydrogen) atoms. The number of carbonyl (C=O) groups excluding carboxylic acids is 4. The highest BCUT2D eigenvalue weighted by Gasteiger charge is 2.30. The number of unbranched alkanes of at least 4 members (excludes halogenated alkanes) is 13. The molecule has 3 N–H and O–H groups in total. The van der Waals surface area contributed by atoms with E-state index in [1.807, 2.05) is 30.4 Å². The molecule has 0 radical (unpaired) electrons. The summed E-state index contributed by atoms with van der Waals surface area (Å²) in [7, 11) is -10.1. The molecule has 0 aliphatic carbocycles. The standard InChI is InChI=1S/C91H142O17P2/c1-5-9-13-17-21-25-29-33-37-40-42-45-49-52-56-60-64-68-72-76-89(94)102-82-87(108-91(96)78-74-70-66-62-58-54-50-46-43-41-38-34-30-26-22-18-14-10-6-2)84-106-110(99,100)104-80-85(92)79-103-109(97,98)105-83-86(107-90(95)77-73-69-65-61-57-53-47-36-32-28-24-20-16-12-8-4)81-101-88(93)75-71-67-63-59-55-51-48-44-39-35-31-27-23-19-15-11-7-3/h9,11-13,15-16,21-28,33-39,42-43,45-48,51-52,56-57,61,64,68-69,73,85-87,92H,5-8,10,14,17-20,29-32,40-41,44,49-50,53-55,58-60,62-63,65-67,70-72,74-84H2,1-4H3,(H,97,98)(H,99,100)/b13-9-,15-11-,16-12-,25-21-,26-22-,27-23-,28-24-,37-33-,38-34-,39-35-,45-42-,46-43-,47-36-,51-48-,56-52-,61-57-,68-64-,73-69-. The Hall–Kier alpha value is -6.62. The maximum absolute atomic E-state index is 13.1. The minimum absolute atomic E-state index is 0.0214. The van der Waals surface area contributed by atoms with Gasteiger partial charge in [-0.05, 0) is 167 Å². The third-order valence-electron chi connectivity index (χ3n) is 16.0. The second-order valence-electron chi connectivity index (χ2n) is 26.2. The van der Waals surface area contributed by atoms with Crippen LogP contribution >= 0.6 is 15.6 Å². The van der Waals surface area contributed by atoms with Crippen LogP contribution in [0.4, 0.5) is 0 Å². The van der Waals surface area contributed by atoms with Crippen molar-refractivity contribution in [3.8, 4) is 0 Å². The molecule has 17 nitrogen and oxygen atoms in total. The first-order valence-electron chi connectivity index (χ1n) is 41.0. The Morgan fingerprint density at radius 1 is 0.273 bits per heavy atom. The Labute approximate surface area is 664 Å². The van der Waals surface area contributed by atoms with Crippen molar-refractivity contribution in [2.24, 2.45) is 0 Å². The number of phosphoric acid groups is 2. The maximum atomic E-state index is 13.1. The van der Waals surface area contributed by atoms with E-state index in [1.165, 1.54) is 19.3 Å². The predicted octanol–water partition coefficient (Wildman–Crippen LogP) is 24.4. The normalized spacial score (nSPS) is 14.9. The Kier molecular flexibility index (Phi) is 75.6. The molecule has 618 valence electrons. The van der Waals surface area contributed by atoms with E-state index >= 15 is 0 Å². The van der Waals surface area contributed by atoms with Gasteiger partial charge in [-0.25, -0.2) is 9.13 Å². The largest absolute Gasteiger partial charge is 0.472 e. The minimum atomic E-state index is -5.03. The molecule has 19 heteroatoms. The van der Waals surface area contributed by atoms with Crippen LogP contribution < -0.4 is 0 Å². The summed E-state index contributed by atoms with van der Waals surface area (Å²) >= 11 is 0. The summed E-state index contributed by atoms with van der Waals surface area (Å²) in [5, 5.41) is 10.7. The second kappa shape index (κ2) is 80.4. The van der Waals surface area contributed by atoms with Crippen molar-refractivity contribution in [3.63, 3.8) is 0 Å². The lowest BCUT2D eigenvalue weighted by molar-refractivity contribution is -0.161. The summed E-state index contributed by atoms with van der Waals surface area (Å²) in [5.74, 6) is -2.49. The molecule has 0 aromatic carbocycles. The Morgan fingerprint density at radius 2 is 0.527 bits per heavy atom. The average molecular weight is 1570 g/mol. The van der Waals surface area contributed by atoms with Gasteiger partial charge < -0.3 is 33.8 Å². The Bertz CT molecular complexity index is 2950. The smallest absolute Gasteiger partial charge is 0.462 e. The first-order valence-corrected chi connectivity index (χ1v) is 44.0. The number of allylic oxidation sites excluding steroid dienone is 35. The van der Waals surface area contributed by atoms with Crippen LogP contribution in [0.15, 0.2) is 219 Å². The first kappa shape index (κ1) is 103. The number of hydrogen-bond acceptors (Lipinski definition) is 15. The molecular formula is C91H142O17P2. The van der Waals surface area contributed by atoms with Gasteiger partial charge in [0.25, 0.3) is 0 Å². The highest BCUT2D eigenvalue weighted by Crippen LogP contribution is 2.45. The van der Waals surface area contributed by atoms with E-state index in [4.69, 9.17) is 37.0 Å². The topological polar surface area (TPSA) is 237 Å². The van der Waals surface area contributed by atoms with Crippen LogP contribution in [0.2, 0.25) is 0 Å². The zero-order valence-electron chi connectivity index (χ0n) is 67.6. The molecule has 5 unspecified atom stereocenters. The van der Waals surface area contributed by atoms with Crippen LogP contribution in [0.5, 0.6) is 0 Å². The number of aliphatic hydroxyl groups is 1. The van der Waals surface area contributed by atoms with Crippen molar-refractivity contribution < 1.29 is 80.2 Å². The number of carbonyl (C=O) groups is 4. The van der Waals surface area contributed by atoms with E-state index in [0.717, 1.165) is 167 Å². The van der Waals surface area contributed by atoms with Gasteiger partial charge in [-0.1, -0.05) is 298 Å². The molecule has 0 bridgehead atoms. The van der Waals surface area contributed by atoms with Crippen LogP contribution in [0, 0.1) is 0 Å². The van der Waals surface area contributed by atoms with Crippen molar-refractivity contribution in [2.75, 3.05) is 39.6 Å². The molecule has 0 heterocycles. The van der Waals surface area contributed by atoms with Crippen molar-refractivity contribution in [3.05, 3.63) is 219 Å². The lowest BCUT2D eigenvalue weighted by Gasteiger charge is -2.21. The Morgan fingerprint density at radius 3 is 0.864 bits per heavy atom. The van der Waals surface area contributed by atoms with E-state index in [-0.39, 0.29) is 25.7 Å². The van der Waals surface area contributed by atoms with Gasteiger partial charge in [0, 0.05) is 19.3 Å². The van der Waals surface area contributed by atoms with E-state index < -0.39 is 97.5 Å². The van der Waals surface area contributed by atoms with Crippen LogP contribution in [0.25, 0.3) is 0 Å². The summed E-state index contributed by atoms with van der Waals surface area (Å²) in [6.45, 7) is 4.23. The molecule has 0 amide bonds. The molecule has 0 aliphatic heterocycles. The molecule has 0 aromatic rings. The lowest BCUT2D eigenvalue weighted by atomic mass is 10.1. The van der Waals surface area contributed by atoms with Gasteiger partial charge in [-0.3, -0.25) is 37.3 Å². The molecule has 0 fully saturated rings. The van der Waals surface area contributed by atoms with Crippen molar-refractivity contribution >= 4 is 39.5 Å². The molecule has 0 aromatic heterocycles. The average Bonchev–Trinajstić information content (AvgIpc) is 0.900. The summed E-state index contributed by atoms with van der Waals surface area (Å²) in [6.07, 6.45) is 102. The van der Waals surface area contributed by atoms with E-state index in [9.17, 15) is 43.2 Å². The predicted molar refractivity (Wildman–Crippen MR) is 454 cm³/mol. The summed E-state index contributed by atoms with van der Waals surface area (Å²) < 4.78 is 68.4. The van der Waals surface area contributed by atoms with Gasteiger partial charge in [0.2, 0.25) is 0 Å². The molecule has 0 spiro atoms. The van der Waals surface area contributed by atoms with Gasteiger partial charge in [0.05, 0.1) is 32.8 Å². The fourth-order valence-electron chi connectivity index (χ4n) is 9.85. The highest BCUT2D eigenvalue weighted by atomic mass is 31.2. The lowest BCUT2D eigenvalue weighted by Crippen LogP contribution is -2.30. The fourth-order valence-corrected chi connectivity index (χ4v) is 11.4. The quantitative estimate of drug-likeness (QED) is 0.0169. The van der Waals surface area contributed by atoms with E-state index in [2.05, 4.69) is 204 Å². The monoisotopic (exact) mass is 1570 g/mol. The second-order valence-corrected chi connectivity index (χ2v) is 29.1. The SMILES string of the molecule is CC/C=C\C/C=C\C/C=C\C/C=C\C/C=C\C/C=C\CCC(=O)OCC(COP(=O)(O)OCC(O)COP(=O)(O)OCC(COC(=O)CCCCCC/C=C\C/C=C\C/C=C\C/C=C\CC)OC(=O)C/C=C\C/C=C\C/C=C\C/C=C\C/C=C\CC)OC(=O)CCCCCCCC/C=C\C/C=C\C/C=C\CCCCC. The zero-order valence-corrected chi connectivity index (χ0v) is 69.4. The Balaban J connectivity index is 5.57. The molecule has 0 aliphatic rings. The van der Waals surface area contributed by atoms with Crippen LogP contribution in [-0.4, -0.2) is 96.7 Å². The first-order chi connectivity index (χ1) is 53.7. The van der Waals surface area contributed by atoms with Gasteiger partial charge in [0.1, 0.15) is 19.3 Å². The van der Waals surface area contributed by atoms with Crippen LogP contribution in [0.1, 0.15) is 272 Å². The molecule has 0 saturated heterocycles. The fraction of sp³-hybridized carbons (Fsp3) is 0.560. The maximum Gasteiger partial charge on any atom is 0.472 e. The van der Waals surface area contributed by atoms with Crippen molar-refractivity contribution in [2.45, 2.75) is 290 Å². The third kappa shape index (κ3) is 79.5. The summed E-state index contributed by atoms with van der Waals surface area (Å²) in [5.41, 5.74) is 0. The number of esters is 4. The molecular weight excluding hydrogens is 1430 g/mol. The number of ether oxygens (including phenoxy) is 4. The number of rotatable bonds is 74. The highest BCUT2D eigenvalue weighted by molar-refractivity contribution is 7.47. The summed E-state index contributed by atoms with van der Waals surface area (Å²) in [6, 6.07) is 0. The van der Waals surface area contributed by atoms with Crippen LogP contribution in [0.3, 0.4) is 0 Å². The van der Waals surface area contributed by atoms with Crippen molar-refractivity contribution in [1.29, 1.82) is 0 Å². The molecule has 0 rings (SSSR count). The van der Waals surface area contributed by atoms with Crippen LogP contribution in [-0.2, 0) is 65.4 Å². The molecule has 5 atom stereocenters. The summed E-state index contributed by atoms with van der Waals surface area (Å²) in [4.78, 5) is 73.1. The van der Waals surface area contributed by atoms with Gasteiger partial charge in [-0.15, -0.1) is 0 Å². The number of phosphoric ester groups is 2. The third-order valence-corrected chi connectivity index (χ3v) is 17.9. The number of aliphatic hydroxyl groups excluding tert-OH is 1.